The zero-order chi connectivity index (χ0) is 57.6. The monoisotopic (exact) mass is 1100 g/mol. The van der Waals surface area contributed by atoms with Crippen LogP contribution in [0, 0.1) is 45.3 Å². The van der Waals surface area contributed by atoms with E-state index >= 15 is 0 Å². The highest BCUT2D eigenvalue weighted by molar-refractivity contribution is 6.16. The largest absolute Gasteiger partial charge is 0.306 e. The summed E-state index contributed by atoms with van der Waals surface area (Å²) in [6, 6.07) is 97.8. The molecule has 11 heteroatoms. The third-order valence-corrected chi connectivity index (χ3v) is 16.6. The van der Waals surface area contributed by atoms with E-state index in [2.05, 4.69) is 223 Å². The second kappa shape index (κ2) is 19.5. The lowest BCUT2D eigenvalue weighted by atomic mass is 9.98. The summed E-state index contributed by atoms with van der Waals surface area (Å²) in [6.45, 7) is 0. The van der Waals surface area contributed by atoms with E-state index < -0.39 is 0 Å². The maximum Gasteiger partial charge on any atom is 0.165 e. The Hall–Kier alpha value is -12.7. The van der Waals surface area contributed by atoms with Crippen molar-refractivity contribution in [1.82, 2.24) is 14.1 Å². The summed E-state index contributed by atoms with van der Waals surface area (Å²) in [5.74, 6) is 1.14. The smallest absolute Gasteiger partial charge is 0.165 e. The lowest BCUT2D eigenvalue weighted by molar-refractivity contribution is 1.03. The number of nitriles is 4. The van der Waals surface area contributed by atoms with Gasteiger partial charge in [-0.1, -0.05) is 115 Å². The first-order chi connectivity index (χ1) is 42.5. The van der Waals surface area contributed by atoms with Crippen LogP contribution >= 0.6 is 0 Å². The van der Waals surface area contributed by atoms with E-state index in [9.17, 15) is 21.0 Å². The number of aromatic nitrogens is 3. The molecular formula is C75H43N11. The molecule has 0 saturated carbocycles. The fourth-order valence-corrected chi connectivity index (χ4v) is 13.0. The predicted octanol–water partition coefficient (Wildman–Crippen LogP) is 18.9. The first-order valence-corrected chi connectivity index (χ1v) is 28.1. The van der Waals surface area contributed by atoms with Gasteiger partial charge in [0.25, 0.3) is 0 Å². The maximum atomic E-state index is 10.6. The first kappa shape index (κ1) is 49.2. The Bertz CT molecular complexity index is 4780. The van der Waals surface area contributed by atoms with Crippen molar-refractivity contribution >= 4 is 112 Å². The second-order valence-electron chi connectivity index (χ2n) is 21.2. The van der Waals surface area contributed by atoms with Crippen molar-refractivity contribution in [2.75, 3.05) is 19.6 Å². The van der Waals surface area contributed by atoms with Crippen molar-refractivity contribution in [3.63, 3.8) is 0 Å². The molecule has 16 rings (SSSR count). The zero-order valence-electron chi connectivity index (χ0n) is 45.7. The van der Waals surface area contributed by atoms with E-state index in [1.54, 1.807) is 0 Å². The van der Waals surface area contributed by atoms with Crippen molar-refractivity contribution in [2.24, 2.45) is 0 Å². The van der Waals surface area contributed by atoms with Gasteiger partial charge < -0.3 is 18.9 Å². The Labute approximate surface area is 494 Å². The SMILES string of the molecule is N#Cc1ccc2c(c1)c1cc(C#N)ccc1n2-c1c(N2c3ccccc3N(c3ccccc3)c3ccccc32)nc(N2c3ccccc3N(c3ccccc3)c3ccccc32)c(-n2c3ccc(C#N)cc3c3cc(C#N)ccc32)c1-c1ccccc1. The van der Waals surface area contributed by atoms with E-state index in [0.29, 0.717) is 45.3 Å². The number of rotatable bonds is 7. The Balaban J connectivity index is 1.17. The van der Waals surface area contributed by atoms with Gasteiger partial charge in [-0.05, 0) is 151 Å². The number of para-hydroxylation sites is 10. The van der Waals surface area contributed by atoms with Gasteiger partial charge in [0, 0.05) is 38.5 Å². The average molecular weight is 1100 g/mol. The summed E-state index contributed by atoms with van der Waals surface area (Å²) >= 11 is 0. The number of benzene rings is 11. The minimum Gasteiger partial charge on any atom is -0.306 e. The zero-order valence-corrected chi connectivity index (χ0v) is 45.7. The lowest BCUT2D eigenvalue weighted by Crippen LogP contribution is -2.28. The van der Waals surface area contributed by atoms with Crippen LogP contribution in [0.15, 0.2) is 261 Å². The van der Waals surface area contributed by atoms with Crippen LogP contribution in [0.3, 0.4) is 0 Å². The highest BCUT2D eigenvalue weighted by atomic mass is 15.4. The van der Waals surface area contributed by atoms with E-state index in [1.807, 2.05) is 91.0 Å². The molecule has 0 N–H and O–H groups in total. The standard InChI is InChI=1S/C75H43N11/c76-44-48-32-36-59-55(40-48)56-41-49(45-77)33-37-60(56)83(59)72-71(52-18-4-1-5-19-52)73(84-61-38-34-50(46-78)42-57(61)58-43-51(47-79)35-39-62(58)84)75(86-69-30-16-12-26-65(69)82(54-22-8-3-9-23-54)66-27-13-17-31-70(66)86)80-74(72)85-67-28-14-10-24-63(67)81(53-20-6-2-7-21-53)64-25-11-15-29-68(64)85/h1-43H. The van der Waals surface area contributed by atoms with Gasteiger partial charge in [-0.2, -0.15) is 21.0 Å². The van der Waals surface area contributed by atoms with Crippen molar-refractivity contribution in [1.29, 1.82) is 21.0 Å². The van der Waals surface area contributed by atoms with Crippen LogP contribution in [-0.2, 0) is 0 Å². The Morgan fingerprint density at radius 1 is 0.267 bits per heavy atom. The van der Waals surface area contributed by atoms with E-state index in [0.717, 1.165) is 112 Å². The molecule has 0 aliphatic carbocycles. The fraction of sp³-hybridized carbons (Fsp3) is 0. The molecule has 3 aromatic heterocycles. The van der Waals surface area contributed by atoms with Gasteiger partial charge in [0.2, 0.25) is 0 Å². The molecule has 0 fully saturated rings. The third-order valence-electron chi connectivity index (χ3n) is 16.6. The molecule has 11 aromatic carbocycles. The van der Waals surface area contributed by atoms with Crippen LogP contribution in [0.5, 0.6) is 0 Å². The summed E-state index contributed by atoms with van der Waals surface area (Å²) in [6.07, 6.45) is 0. The van der Waals surface area contributed by atoms with E-state index in [-0.39, 0.29) is 0 Å². The number of hydrogen-bond acceptors (Lipinski definition) is 9. The number of fused-ring (bicyclic) bond motifs is 10. The summed E-state index contributed by atoms with van der Waals surface area (Å²) in [5, 5.41) is 45.4. The lowest BCUT2D eigenvalue weighted by Gasteiger charge is -2.43. The summed E-state index contributed by atoms with van der Waals surface area (Å²) < 4.78 is 4.54. The summed E-state index contributed by atoms with van der Waals surface area (Å²) in [7, 11) is 0. The van der Waals surface area contributed by atoms with Crippen LogP contribution in [0.25, 0.3) is 66.1 Å². The number of anilines is 12. The number of nitrogens with zero attached hydrogens (tertiary/aromatic N) is 11. The number of hydrogen-bond donors (Lipinski definition) is 0. The highest BCUT2D eigenvalue weighted by Gasteiger charge is 2.40. The molecule has 86 heavy (non-hydrogen) atoms. The normalized spacial score (nSPS) is 12.3. The Kier molecular flexibility index (Phi) is 11.2. The molecule has 398 valence electrons. The molecule has 5 heterocycles. The predicted molar refractivity (Wildman–Crippen MR) is 343 cm³/mol. The molecular weight excluding hydrogens is 1050 g/mol. The molecule has 2 aliphatic heterocycles. The highest BCUT2D eigenvalue weighted by Crippen LogP contribution is 2.61. The Morgan fingerprint density at radius 3 is 0.802 bits per heavy atom. The second-order valence-corrected chi connectivity index (χ2v) is 21.2. The van der Waals surface area contributed by atoms with E-state index in [4.69, 9.17) is 4.98 Å². The van der Waals surface area contributed by atoms with Crippen molar-refractivity contribution in [2.45, 2.75) is 0 Å². The molecule has 0 unspecified atom stereocenters. The molecule has 0 atom stereocenters. The topological polar surface area (TPSA) is 131 Å². The van der Waals surface area contributed by atoms with Gasteiger partial charge >= 0.3 is 0 Å². The quantitative estimate of drug-likeness (QED) is 0.153. The van der Waals surface area contributed by atoms with Crippen molar-refractivity contribution < 1.29 is 0 Å². The molecule has 0 radical (unpaired) electrons. The molecule has 14 aromatic rings. The maximum absolute atomic E-state index is 10.6. The van der Waals surface area contributed by atoms with Crippen LogP contribution in [0.2, 0.25) is 0 Å². The van der Waals surface area contributed by atoms with Gasteiger partial charge in [0.05, 0.1) is 114 Å². The molecule has 0 spiro atoms. The summed E-state index contributed by atoms with van der Waals surface area (Å²) in [4.78, 5) is 15.6. The van der Waals surface area contributed by atoms with Crippen LogP contribution < -0.4 is 19.6 Å². The van der Waals surface area contributed by atoms with Gasteiger partial charge in [-0.3, -0.25) is 9.80 Å². The van der Waals surface area contributed by atoms with Gasteiger partial charge in [0.1, 0.15) is 11.4 Å². The first-order valence-electron chi connectivity index (χ1n) is 28.1. The minimum absolute atomic E-state index is 0.474. The van der Waals surface area contributed by atoms with Crippen LogP contribution in [0.1, 0.15) is 22.3 Å². The van der Waals surface area contributed by atoms with Gasteiger partial charge in [-0.15, -0.1) is 0 Å². The molecule has 0 saturated heterocycles. The molecule has 0 bridgehead atoms. The fourth-order valence-electron chi connectivity index (χ4n) is 13.0. The van der Waals surface area contributed by atoms with Crippen molar-refractivity contribution in [3.8, 4) is 46.8 Å². The number of pyridine rings is 1. The molecule has 2 aliphatic rings. The van der Waals surface area contributed by atoms with Gasteiger partial charge in [-0.25, -0.2) is 4.98 Å². The van der Waals surface area contributed by atoms with E-state index in [1.165, 1.54) is 0 Å². The minimum atomic E-state index is 0.474. The van der Waals surface area contributed by atoms with Crippen LogP contribution in [-0.4, -0.2) is 14.1 Å². The average Bonchev–Trinajstić information content (AvgIpc) is 1.28. The van der Waals surface area contributed by atoms with Crippen molar-refractivity contribution in [3.05, 3.63) is 283 Å². The summed E-state index contributed by atoms with van der Waals surface area (Å²) in [5.41, 5.74) is 17.2. The Morgan fingerprint density at radius 2 is 0.523 bits per heavy atom. The van der Waals surface area contributed by atoms with Gasteiger partial charge in [0.15, 0.2) is 11.6 Å². The molecule has 0 amide bonds. The van der Waals surface area contributed by atoms with Crippen LogP contribution in [0.4, 0.5) is 68.5 Å². The molecule has 11 nitrogen and oxygen atoms in total. The third kappa shape index (κ3) is 7.33.